The number of para-hydroxylation sites is 1. The normalized spacial score (nSPS) is 17.4. The van der Waals surface area contributed by atoms with E-state index in [0.717, 1.165) is 17.5 Å². The molecule has 0 spiro atoms. The second-order valence-electron chi connectivity index (χ2n) is 7.90. The summed E-state index contributed by atoms with van der Waals surface area (Å²) in [4.78, 5) is 19.4. The molecule has 162 valence electrons. The van der Waals surface area contributed by atoms with E-state index in [1.165, 1.54) is 9.87 Å². The fraction of sp³-hybridized carbons (Fsp3) is 0.304. The highest BCUT2D eigenvalue weighted by molar-refractivity contribution is 7.89. The van der Waals surface area contributed by atoms with Gasteiger partial charge in [0.2, 0.25) is 15.9 Å². The molecule has 0 radical (unpaired) electrons. The number of pyridine rings is 1. The van der Waals surface area contributed by atoms with E-state index >= 15 is 0 Å². The zero-order chi connectivity index (χ0) is 20.7. The summed E-state index contributed by atoms with van der Waals surface area (Å²) in [7, 11) is -3.62. The highest BCUT2D eigenvalue weighted by Crippen LogP contribution is 2.33. The zero-order valence-corrected chi connectivity index (χ0v) is 18.6. The van der Waals surface area contributed by atoms with E-state index in [0.29, 0.717) is 42.8 Å². The third-order valence-electron chi connectivity index (χ3n) is 6.21. The standard InChI is InChI=1S/C23H23N3O3S.ClH/c27-23(26-15-11-17-4-1-2-6-21(17)26)18-9-13-25(14-10-18)30(28,29)22-7-3-5-19-16-24-12-8-20(19)22;/h1-8,12,16,18H,9-11,13-15H2;1H. The topological polar surface area (TPSA) is 70.6 Å². The molecule has 2 aromatic carbocycles. The molecule has 1 saturated heterocycles. The van der Waals surface area contributed by atoms with Crippen LogP contribution in [0.5, 0.6) is 0 Å². The Hall–Kier alpha value is -2.48. The summed E-state index contributed by atoms with van der Waals surface area (Å²) in [5, 5.41) is 1.48. The quantitative estimate of drug-likeness (QED) is 0.602. The number of aromatic nitrogens is 1. The fourth-order valence-corrected chi connectivity index (χ4v) is 6.27. The predicted octanol–water partition coefficient (Wildman–Crippen LogP) is 3.65. The van der Waals surface area contributed by atoms with Gasteiger partial charge in [0.25, 0.3) is 0 Å². The molecule has 0 atom stereocenters. The lowest BCUT2D eigenvalue weighted by atomic mass is 9.96. The van der Waals surface area contributed by atoms with Crippen LogP contribution in [0.4, 0.5) is 5.69 Å². The van der Waals surface area contributed by atoms with Crippen LogP contribution in [0.25, 0.3) is 10.8 Å². The Balaban J connectivity index is 0.00000231. The number of rotatable bonds is 3. The lowest BCUT2D eigenvalue weighted by molar-refractivity contribution is -0.123. The molecule has 1 amide bonds. The van der Waals surface area contributed by atoms with E-state index < -0.39 is 10.0 Å². The summed E-state index contributed by atoms with van der Waals surface area (Å²) < 4.78 is 28.1. The Morgan fingerprint density at radius 1 is 0.968 bits per heavy atom. The van der Waals surface area contributed by atoms with Crippen LogP contribution in [0.15, 0.2) is 65.8 Å². The van der Waals surface area contributed by atoms with Crippen LogP contribution in [0, 0.1) is 5.92 Å². The summed E-state index contributed by atoms with van der Waals surface area (Å²) in [6.07, 6.45) is 5.25. The number of nitrogens with zero attached hydrogens (tertiary/aromatic N) is 3. The Morgan fingerprint density at radius 2 is 1.74 bits per heavy atom. The second-order valence-corrected chi connectivity index (χ2v) is 9.81. The van der Waals surface area contributed by atoms with Crippen LogP contribution in [0.1, 0.15) is 18.4 Å². The minimum Gasteiger partial charge on any atom is -0.312 e. The van der Waals surface area contributed by atoms with E-state index in [-0.39, 0.29) is 24.2 Å². The third-order valence-corrected chi connectivity index (χ3v) is 8.17. The van der Waals surface area contributed by atoms with Crippen LogP contribution in [-0.2, 0) is 21.2 Å². The van der Waals surface area contributed by atoms with Gasteiger partial charge in [0.1, 0.15) is 0 Å². The van der Waals surface area contributed by atoms with Crippen molar-refractivity contribution in [2.45, 2.75) is 24.2 Å². The Morgan fingerprint density at radius 3 is 2.55 bits per heavy atom. The molecular formula is C23H24ClN3O3S. The lowest BCUT2D eigenvalue weighted by Gasteiger charge is -2.32. The molecular weight excluding hydrogens is 434 g/mol. The van der Waals surface area contributed by atoms with Crippen LogP contribution < -0.4 is 4.90 Å². The first kappa shape index (κ1) is 21.7. The van der Waals surface area contributed by atoms with Gasteiger partial charge in [0, 0.05) is 54.4 Å². The SMILES string of the molecule is Cl.O=C(C1CCN(S(=O)(=O)c2cccc3cnccc23)CC1)N1CCc2ccccc21. The van der Waals surface area contributed by atoms with Crippen molar-refractivity contribution in [2.24, 2.45) is 5.92 Å². The molecule has 0 bridgehead atoms. The van der Waals surface area contributed by atoms with Gasteiger partial charge >= 0.3 is 0 Å². The fourth-order valence-electron chi connectivity index (χ4n) is 4.59. The van der Waals surface area contributed by atoms with Gasteiger partial charge in [0.15, 0.2) is 0 Å². The maximum atomic E-state index is 13.3. The minimum absolute atomic E-state index is 0. The first-order chi connectivity index (χ1) is 14.6. The zero-order valence-electron chi connectivity index (χ0n) is 17.0. The largest absolute Gasteiger partial charge is 0.312 e. The average molecular weight is 458 g/mol. The summed E-state index contributed by atoms with van der Waals surface area (Å²) >= 11 is 0. The van der Waals surface area contributed by atoms with Gasteiger partial charge in [-0.1, -0.05) is 30.3 Å². The molecule has 0 unspecified atom stereocenters. The van der Waals surface area contributed by atoms with E-state index in [1.807, 2.05) is 29.2 Å². The van der Waals surface area contributed by atoms with Crippen molar-refractivity contribution in [2.75, 3.05) is 24.5 Å². The number of benzene rings is 2. The second kappa shape index (κ2) is 8.57. The Bertz CT molecular complexity index is 1220. The number of hydrogen-bond donors (Lipinski definition) is 0. The van der Waals surface area contributed by atoms with Crippen molar-refractivity contribution in [3.63, 3.8) is 0 Å². The summed E-state index contributed by atoms with van der Waals surface area (Å²) in [6, 6.07) is 15.0. The van der Waals surface area contributed by atoms with E-state index in [2.05, 4.69) is 11.1 Å². The van der Waals surface area contributed by atoms with Crippen LogP contribution >= 0.6 is 12.4 Å². The van der Waals surface area contributed by atoms with Gasteiger partial charge in [-0.25, -0.2) is 8.42 Å². The smallest absolute Gasteiger partial charge is 0.243 e. The van der Waals surface area contributed by atoms with Crippen molar-refractivity contribution in [1.29, 1.82) is 0 Å². The van der Waals surface area contributed by atoms with Gasteiger partial charge in [0.05, 0.1) is 4.90 Å². The molecule has 5 rings (SSSR count). The number of sulfonamides is 1. The number of carbonyl (C=O) groups is 1. The number of amides is 1. The highest BCUT2D eigenvalue weighted by Gasteiger charge is 2.36. The minimum atomic E-state index is -3.62. The van der Waals surface area contributed by atoms with Gasteiger partial charge in [-0.05, 0) is 43.0 Å². The van der Waals surface area contributed by atoms with E-state index in [9.17, 15) is 13.2 Å². The third kappa shape index (κ3) is 3.82. The maximum Gasteiger partial charge on any atom is 0.243 e. The summed E-state index contributed by atoms with van der Waals surface area (Å²) in [5.74, 6) is -0.0208. The molecule has 0 aliphatic carbocycles. The van der Waals surface area contributed by atoms with Crippen molar-refractivity contribution in [1.82, 2.24) is 9.29 Å². The predicted molar refractivity (Wildman–Crippen MR) is 123 cm³/mol. The number of anilines is 1. The van der Waals surface area contributed by atoms with Crippen molar-refractivity contribution >= 4 is 44.8 Å². The molecule has 3 aromatic rings. The van der Waals surface area contributed by atoms with Gasteiger partial charge in [-0.2, -0.15) is 4.31 Å². The lowest BCUT2D eigenvalue weighted by Crippen LogP contribution is -2.44. The number of halogens is 1. The Kier molecular flexibility index (Phi) is 6.01. The molecule has 6 nitrogen and oxygen atoms in total. The molecule has 8 heteroatoms. The Labute approximate surface area is 188 Å². The van der Waals surface area contributed by atoms with Crippen LogP contribution in [0.2, 0.25) is 0 Å². The summed E-state index contributed by atoms with van der Waals surface area (Å²) in [6.45, 7) is 1.42. The molecule has 1 fully saturated rings. The molecule has 31 heavy (non-hydrogen) atoms. The van der Waals surface area contributed by atoms with E-state index in [4.69, 9.17) is 0 Å². The van der Waals surface area contributed by atoms with Gasteiger partial charge in [-0.3, -0.25) is 9.78 Å². The van der Waals surface area contributed by atoms with Crippen LogP contribution in [0.3, 0.4) is 0 Å². The van der Waals surface area contributed by atoms with Crippen molar-refractivity contribution in [3.8, 4) is 0 Å². The van der Waals surface area contributed by atoms with Crippen molar-refractivity contribution < 1.29 is 13.2 Å². The van der Waals surface area contributed by atoms with Crippen LogP contribution in [-0.4, -0.2) is 43.2 Å². The molecule has 1 aromatic heterocycles. The van der Waals surface area contributed by atoms with Crippen molar-refractivity contribution in [3.05, 3.63) is 66.5 Å². The maximum absolute atomic E-state index is 13.3. The van der Waals surface area contributed by atoms with Gasteiger partial charge < -0.3 is 4.90 Å². The molecule has 2 aliphatic rings. The first-order valence-electron chi connectivity index (χ1n) is 10.3. The average Bonchev–Trinajstić information content (AvgIpc) is 3.22. The van der Waals surface area contributed by atoms with E-state index in [1.54, 1.807) is 30.6 Å². The number of piperidine rings is 1. The number of carbonyl (C=O) groups excluding carboxylic acids is 1. The highest BCUT2D eigenvalue weighted by atomic mass is 35.5. The van der Waals surface area contributed by atoms with Gasteiger partial charge in [-0.15, -0.1) is 12.4 Å². The molecule has 0 N–H and O–H groups in total. The first-order valence-corrected chi connectivity index (χ1v) is 11.7. The molecule has 2 aliphatic heterocycles. The summed E-state index contributed by atoms with van der Waals surface area (Å²) in [5.41, 5.74) is 2.21. The monoisotopic (exact) mass is 457 g/mol. The molecule has 3 heterocycles. The molecule has 0 saturated carbocycles. The number of fused-ring (bicyclic) bond motifs is 2. The number of hydrogen-bond acceptors (Lipinski definition) is 4.